The van der Waals surface area contributed by atoms with Crippen LogP contribution in [0.5, 0.6) is 11.5 Å². The van der Waals surface area contributed by atoms with Crippen LogP contribution >= 0.6 is 11.6 Å². The SMILES string of the molecule is CCOc1cc(/C=C(\C#N)C(=O)Nc2ccccc2Cl)ccc1OCC(=O)Nc1ccccc1F. The largest absolute Gasteiger partial charge is 0.490 e. The number of hydrogen-bond donors (Lipinski definition) is 2. The number of nitrogens with zero attached hydrogens (tertiary/aromatic N) is 1. The van der Waals surface area contributed by atoms with Crippen molar-refractivity contribution < 1.29 is 23.5 Å². The maximum absolute atomic E-state index is 13.7. The molecule has 0 aliphatic rings. The highest BCUT2D eigenvalue weighted by molar-refractivity contribution is 6.34. The number of para-hydroxylation sites is 2. The summed E-state index contributed by atoms with van der Waals surface area (Å²) in [6, 6.07) is 19.1. The minimum absolute atomic E-state index is 0.0470. The van der Waals surface area contributed by atoms with Crippen LogP contribution in [-0.4, -0.2) is 25.0 Å². The average molecular weight is 494 g/mol. The van der Waals surface area contributed by atoms with Gasteiger partial charge in [-0.2, -0.15) is 5.26 Å². The molecule has 0 atom stereocenters. The van der Waals surface area contributed by atoms with E-state index in [0.29, 0.717) is 28.6 Å². The second-order valence-corrected chi connectivity index (χ2v) is 7.47. The van der Waals surface area contributed by atoms with Crippen molar-refractivity contribution in [3.05, 3.63) is 88.7 Å². The number of nitriles is 1. The van der Waals surface area contributed by atoms with Crippen molar-refractivity contribution in [3.8, 4) is 17.6 Å². The first-order valence-corrected chi connectivity index (χ1v) is 10.9. The zero-order valence-electron chi connectivity index (χ0n) is 18.7. The van der Waals surface area contributed by atoms with Crippen LogP contribution < -0.4 is 20.1 Å². The Kier molecular flexibility index (Phi) is 8.82. The van der Waals surface area contributed by atoms with Gasteiger partial charge in [0.25, 0.3) is 11.8 Å². The maximum Gasteiger partial charge on any atom is 0.266 e. The average Bonchev–Trinajstić information content (AvgIpc) is 2.85. The van der Waals surface area contributed by atoms with E-state index in [0.717, 1.165) is 0 Å². The Hall–Kier alpha value is -4.35. The predicted molar refractivity (Wildman–Crippen MR) is 132 cm³/mol. The van der Waals surface area contributed by atoms with E-state index in [2.05, 4.69) is 10.6 Å². The summed E-state index contributed by atoms with van der Waals surface area (Å²) in [6.07, 6.45) is 1.39. The topological polar surface area (TPSA) is 100 Å². The molecule has 0 aliphatic carbocycles. The van der Waals surface area contributed by atoms with E-state index >= 15 is 0 Å². The molecule has 9 heteroatoms. The van der Waals surface area contributed by atoms with Crippen molar-refractivity contribution in [2.24, 2.45) is 0 Å². The third-order valence-corrected chi connectivity index (χ3v) is 4.90. The first-order valence-electron chi connectivity index (χ1n) is 10.5. The molecule has 3 rings (SSSR count). The number of hydrogen-bond acceptors (Lipinski definition) is 5. The Morgan fingerprint density at radius 3 is 2.40 bits per heavy atom. The molecular formula is C26H21ClFN3O4. The molecule has 0 heterocycles. The lowest BCUT2D eigenvalue weighted by Gasteiger charge is -2.13. The summed E-state index contributed by atoms with van der Waals surface area (Å²) in [4.78, 5) is 24.7. The van der Waals surface area contributed by atoms with Crippen molar-refractivity contribution in [2.75, 3.05) is 23.8 Å². The Bertz CT molecular complexity index is 1300. The van der Waals surface area contributed by atoms with Crippen molar-refractivity contribution in [1.29, 1.82) is 5.26 Å². The summed E-state index contributed by atoms with van der Waals surface area (Å²) < 4.78 is 24.9. The third kappa shape index (κ3) is 7.06. The number of anilines is 2. The normalized spacial score (nSPS) is 10.7. The van der Waals surface area contributed by atoms with E-state index in [1.54, 1.807) is 55.5 Å². The molecule has 0 spiro atoms. The second kappa shape index (κ2) is 12.2. The molecule has 0 aromatic heterocycles. The van der Waals surface area contributed by atoms with Gasteiger partial charge in [-0.3, -0.25) is 9.59 Å². The van der Waals surface area contributed by atoms with Crippen molar-refractivity contribution in [2.45, 2.75) is 6.92 Å². The van der Waals surface area contributed by atoms with Gasteiger partial charge in [-0.05, 0) is 55.0 Å². The van der Waals surface area contributed by atoms with Gasteiger partial charge in [0.1, 0.15) is 17.5 Å². The first-order chi connectivity index (χ1) is 16.9. The Morgan fingerprint density at radius 1 is 1.00 bits per heavy atom. The van der Waals surface area contributed by atoms with Crippen molar-refractivity contribution >= 4 is 40.9 Å². The monoisotopic (exact) mass is 493 g/mol. The zero-order valence-corrected chi connectivity index (χ0v) is 19.4. The molecule has 3 aromatic carbocycles. The van der Waals surface area contributed by atoms with Crippen LogP contribution in [0.15, 0.2) is 72.3 Å². The van der Waals surface area contributed by atoms with Crippen LogP contribution in [0, 0.1) is 17.1 Å². The number of benzene rings is 3. The molecule has 7 nitrogen and oxygen atoms in total. The van der Waals surface area contributed by atoms with Gasteiger partial charge < -0.3 is 20.1 Å². The highest BCUT2D eigenvalue weighted by atomic mass is 35.5. The molecule has 0 radical (unpaired) electrons. The zero-order chi connectivity index (χ0) is 25.2. The van der Waals surface area contributed by atoms with Crippen LogP contribution in [0.25, 0.3) is 6.08 Å². The van der Waals surface area contributed by atoms with Crippen molar-refractivity contribution in [1.82, 2.24) is 0 Å². The number of nitrogens with one attached hydrogen (secondary N) is 2. The molecule has 35 heavy (non-hydrogen) atoms. The lowest BCUT2D eigenvalue weighted by molar-refractivity contribution is -0.118. The van der Waals surface area contributed by atoms with E-state index in [9.17, 15) is 19.2 Å². The van der Waals surface area contributed by atoms with Crippen LogP contribution in [0.4, 0.5) is 15.8 Å². The second-order valence-electron chi connectivity index (χ2n) is 7.06. The van der Waals surface area contributed by atoms with Gasteiger partial charge in [0.05, 0.1) is 23.0 Å². The lowest BCUT2D eigenvalue weighted by Crippen LogP contribution is -2.21. The van der Waals surface area contributed by atoms with Gasteiger partial charge in [-0.15, -0.1) is 0 Å². The predicted octanol–water partition coefficient (Wildman–Crippen LogP) is 5.44. The van der Waals surface area contributed by atoms with Crippen LogP contribution in [0.1, 0.15) is 12.5 Å². The number of amides is 2. The summed E-state index contributed by atoms with van der Waals surface area (Å²) in [5.41, 5.74) is 0.784. The standard InChI is InChI=1S/C26H21ClFN3O4/c1-2-34-24-14-17(13-18(15-29)26(33)31-21-9-5-3-7-19(21)27)11-12-23(24)35-16-25(32)30-22-10-6-4-8-20(22)28/h3-14H,2,16H2,1H3,(H,30,32)(H,31,33)/b18-13+. The van der Waals surface area contributed by atoms with Gasteiger partial charge in [0.15, 0.2) is 18.1 Å². The molecular weight excluding hydrogens is 473 g/mol. The lowest BCUT2D eigenvalue weighted by atomic mass is 10.1. The third-order valence-electron chi connectivity index (χ3n) is 4.57. The first kappa shape index (κ1) is 25.3. The smallest absolute Gasteiger partial charge is 0.266 e. The number of carbonyl (C=O) groups excluding carboxylic acids is 2. The minimum atomic E-state index is -0.622. The van der Waals surface area contributed by atoms with Crippen LogP contribution in [-0.2, 0) is 9.59 Å². The Morgan fingerprint density at radius 2 is 1.71 bits per heavy atom. The van der Waals surface area contributed by atoms with Gasteiger partial charge in [-0.1, -0.05) is 41.9 Å². The quantitative estimate of drug-likeness (QED) is 0.305. The molecule has 0 unspecified atom stereocenters. The van der Waals surface area contributed by atoms with Gasteiger partial charge in [0, 0.05) is 0 Å². The highest BCUT2D eigenvalue weighted by Crippen LogP contribution is 2.30. The molecule has 178 valence electrons. The summed E-state index contributed by atoms with van der Waals surface area (Å²) in [5.74, 6) is -1.15. The summed E-state index contributed by atoms with van der Waals surface area (Å²) in [6.45, 7) is 1.70. The highest BCUT2D eigenvalue weighted by Gasteiger charge is 2.14. The van der Waals surface area contributed by atoms with E-state index in [-0.39, 0.29) is 23.6 Å². The molecule has 3 aromatic rings. The Balaban J connectivity index is 1.72. The molecule has 0 bridgehead atoms. The van der Waals surface area contributed by atoms with Gasteiger partial charge in [-0.25, -0.2) is 4.39 Å². The molecule has 2 N–H and O–H groups in total. The van der Waals surface area contributed by atoms with Gasteiger partial charge in [0.2, 0.25) is 0 Å². The molecule has 0 aliphatic heterocycles. The van der Waals surface area contributed by atoms with Crippen LogP contribution in [0.2, 0.25) is 5.02 Å². The summed E-state index contributed by atoms with van der Waals surface area (Å²) in [5, 5.41) is 14.9. The number of carbonyl (C=O) groups is 2. The molecule has 2 amide bonds. The van der Waals surface area contributed by atoms with E-state index in [1.165, 1.54) is 24.3 Å². The number of rotatable bonds is 9. The van der Waals surface area contributed by atoms with E-state index < -0.39 is 17.6 Å². The molecule has 0 saturated carbocycles. The van der Waals surface area contributed by atoms with Gasteiger partial charge >= 0.3 is 0 Å². The Labute approximate surface area is 206 Å². The molecule has 0 saturated heterocycles. The fourth-order valence-electron chi connectivity index (χ4n) is 2.96. The van der Waals surface area contributed by atoms with E-state index in [4.69, 9.17) is 21.1 Å². The summed E-state index contributed by atoms with van der Waals surface area (Å²) >= 11 is 6.06. The molecule has 0 fully saturated rings. The minimum Gasteiger partial charge on any atom is -0.490 e. The summed E-state index contributed by atoms with van der Waals surface area (Å²) in [7, 11) is 0. The van der Waals surface area contributed by atoms with Crippen molar-refractivity contribution in [3.63, 3.8) is 0 Å². The fraction of sp³-hybridized carbons (Fsp3) is 0.115. The fourth-order valence-corrected chi connectivity index (χ4v) is 3.14. The van der Waals surface area contributed by atoms with E-state index in [1.807, 2.05) is 6.07 Å². The number of halogens is 2. The van der Waals surface area contributed by atoms with Crippen LogP contribution in [0.3, 0.4) is 0 Å². The maximum atomic E-state index is 13.7. The number of ether oxygens (including phenoxy) is 2.